The lowest BCUT2D eigenvalue weighted by atomic mass is 10.1. The molecule has 1 atom stereocenters. The van der Waals surface area contributed by atoms with Crippen molar-refractivity contribution in [3.63, 3.8) is 0 Å². The highest BCUT2D eigenvalue weighted by Crippen LogP contribution is 2.20. The largest absolute Gasteiger partial charge is 0.435 e. The summed E-state index contributed by atoms with van der Waals surface area (Å²) >= 11 is 0. The molecule has 140 valence electrons. The Morgan fingerprint density at radius 2 is 1.93 bits per heavy atom. The van der Waals surface area contributed by atoms with E-state index in [-0.39, 0.29) is 11.7 Å². The van der Waals surface area contributed by atoms with Gasteiger partial charge in [0.05, 0.1) is 13.2 Å². The second kappa shape index (κ2) is 8.14. The van der Waals surface area contributed by atoms with Crippen molar-refractivity contribution in [2.75, 3.05) is 18.9 Å². The van der Waals surface area contributed by atoms with Gasteiger partial charge in [-0.25, -0.2) is 9.37 Å². The third-order valence-corrected chi connectivity index (χ3v) is 4.48. The molecule has 1 unspecified atom stereocenters. The fourth-order valence-corrected chi connectivity index (χ4v) is 2.82. The van der Waals surface area contributed by atoms with Crippen LogP contribution in [0.4, 0.5) is 10.1 Å². The Morgan fingerprint density at radius 1 is 1.19 bits per heavy atom. The van der Waals surface area contributed by atoms with Crippen LogP contribution >= 0.6 is 0 Å². The van der Waals surface area contributed by atoms with Gasteiger partial charge in [-0.05, 0) is 55.3 Å². The monoisotopic (exact) mass is 368 g/mol. The van der Waals surface area contributed by atoms with E-state index in [1.807, 2.05) is 39.1 Å². The van der Waals surface area contributed by atoms with Crippen LogP contribution in [0, 0.1) is 19.7 Å². The van der Waals surface area contributed by atoms with Crippen molar-refractivity contribution >= 4 is 11.6 Å². The molecule has 0 bridgehead atoms. The lowest BCUT2D eigenvalue weighted by Gasteiger charge is -2.14. The molecule has 3 rings (SSSR count). The fraction of sp³-hybridized carbons (Fsp3) is 0.238. The molecule has 0 aliphatic heterocycles. The summed E-state index contributed by atoms with van der Waals surface area (Å²) in [6.45, 7) is 4.78. The van der Waals surface area contributed by atoms with E-state index >= 15 is 0 Å². The lowest BCUT2D eigenvalue weighted by Crippen LogP contribution is -3.08. The van der Waals surface area contributed by atoms with Crippen LogP contribution in [-0.4, -0.2) is 24.5 Å². The first-order chi connectivity index (χ1) is 12.9. The average molecular weight is 368 g/mol. The van der Waals surface area contributed by atoms with Crippen LogP contribution in [0.3, 0.4) is 0 Å². The lowest BCUT2D eigenvalue weighted by molar-refractivity contribution is -0.886. The number of nitrogens with one attached hydrogen (secondary N) is 2. The minimum Gasteiger partial charge on any atom is -0.435 e. The van der Waals surface area contributed by atoms with E-state index in [1.165, 1.54) is 12.1 Å². The summed E-state index contributed by atoms with van der Waals surface area (Å²) in [6.07, 6.45) is 1.62. The predicted octanol–water partition coefficient (Wildman–Crippen LogP) is 2.75. The summed E-state index contributed by atoms with van der Waals surface area (Å²) in [5.74, 6) is 0.757. The molecule has 2 aromatic carbocycles. The van der Waals surface area contributed by atoms with Gasteiger partial charge in [0.15, 0.2) is 18.8 Å². The number of halogens is 1. The number of benzene rings is 2. The number of hydrogen-bond acceptors (Lipinski definition) is 3. The van der Waals surface area contributed by atoms with Crippen molar-refractivity contribution in [2.24, 2.45) is 0 Å². The third kappa shape index (κ3) is 4.80. The van der Waals surface area contributed by atoms with Gasteiger partial charge in [0.2, 0.25) is 0 Å². The maximum atomic E-state index is 13.0. The number of amides is 1. The molecule has 0 saturated carbocycles. The van der Waals surface area contributed by atoms with Crippen molar-refractivity contribution in [1.29, 1.82) is 0 Å². The van der Waals surface area contributed by atoms with E-state index in [2.05, 4.69) is 10.3 Å². The Balaban J connectivity index is 1.57. The first kappa shape index (κ1) is 18.8. The number of anilines is 1. The molecule has 1 aromatic heterocycles. The van der Waals surface area contributed by atoms with Crippen molar-refractivity contribution in [3.8, 4) is 11.3 Å². The van der Waals surface area contributed by atoms with Crippen LogP contribution in [0.15, 0.2) is 53.1 Å². The van der Waals surface area contributed by atoms with Crippen LogP contribution < -0.4 is 10.2 Å². The van der Waals surface area contributed by atoms with E-state index in [1.54, 1.807) is 18.3 Å². The first-order valence-electron chi connectivity index (χ1n) is 8.80. The summed E-state index contributed by atoms with van der Waals surface area (Å²) in [7, 11) is 1.91. The zero-order valence-corrected chi connectivity index (χ0v) is 15.7. The molecule has 6 heteroatoms. The Hall–Kier alpha value is -2.99. The first-order valence-corrected chi connectivity index (χ1v) is 8.80. The van der Waals surface area contributed by atoms with Crippen molar-refractivity contribution < 1.29 is 18.5 Å². The van der Waals surface area contributed by atoms with E-state index in [9.17, 15) is 9.18 Å². The van der Waals surface area contributed by atoms with Gasteiger partial charge in [-0.15, -0.1) is 0 Å². The maximum absolute atomic E-state index is 13.0. The molecule has 27 heavy (non-hydrogen) atoms. The molecule has 0 spiro atoms. The van der Waals surface area contributed by atoms with Crippen molar-refractivity contribution in [2.45, 2.75) is 20.4 Å². The molecule has 3 aromatic rings. The molecule has 0 radical (unpaired) electrons. The van der Waals surface area contributed by atoms with E-state index < -0.39 is 0 Å². The number of nitrogens with zero attached hydrogens (tertiary/aromatic N) is 1. The number of aromatic nitrogens is 1. The van der Waals surface area contributed by atoms with Crippen molar-refractivity contribution in [3.05, 3.63) is 71.5 Å². The van der Waals surface area contributed by atoms with E-state index in [0.717, 1.165) is 27.3 Å². The number of carbonyl (C=O) groups is 1. The summed E-state index contributed by atoms with van der Waals surface area (Å²) in [4.78, 5) is 17.5. The molecule has 1 amide bonds. The van der Waals surface area contributed by atoms with Gasteiger partial charge in [0.25, 0.3) is 11.8 Å². The second-order valence-electron chi connectivity index (χ2n) is 6.73. The highest BCUT2D eigenvalue weighted by molar-refractivity contribution is 5.92. The molecule has 0 saturated heterocycles. The molecular weight excluding hydrogens is 345 g/mol. The highest BCUT2D eigenvalue weighted by Gasteiger charge is 2.15. The van der Waals surface area contributed by atoms with Gasteiger partial charge in [0, 0.05) is 11.3 Å². The minimum atomic E-state index is -0.294. The highest BCUT2D eigenvalue weighted by atomic mass is 19.1. The Morgan fingerprint density at radius 3 is 2.67 bits per heavy atom. The maximum Gasteiger partial charge on any atom is 0.279 e. The zero-order valence-electron chi connectivity index (χ0n) is 15.7. The third-order valence-electron chi connectivity index (χ3n) is 4.48. The molecule has 1 heterocycles. The van der Waals surface area contributed by atoms with Gasteiger partial charge in [0.1, 0.15) is 5.82 Å². The van der Waals surface area contributed by atoms with Gasteiger partial charge in [-0.1, -0.05) is 12.1 Å². The molecule has 0 aliphatic carbocycles. The molecule has 2 N–H and O–H groups in total. The van der Waals surface area contributed by atoms with E-state index in [4.69, 9.17) is 4.42 Å². The van der Waals surface area contributed by atoms with Crippen LogP contribution in [0.25, 0.3) is 11.3 Å². The Kier molecular flexibility index (Phi) is 5.66. The van der Waals surface area contributed by atoms with Gasteiger partial charge in [-0.2, -0.15) is 0 Å². The average Bonchev–Trinajstić information content (AvgIpc) is 3.07. The number of oxazole rings is 1. The van der Waals surface area contributed by atoms with Crippen LogP contribution in [0.5, 0.6) is 0 Å². The smallest absolute Gasteiger partial charge is 0.279 e. The second-order valence-corrected chi connectivity index (χ2v) is 6.73. The predicted molar refractivity (Wildman–Crippen MR) is 102 cm³/mol. The van der Waals surface area contributed by atoms with E-state index in [0.29, 0.717) is 24.7 Å². The number of carbonyl (C=O) groups excluding carboxylic acids is 1. The normalized spacial score (nSPS) is 12.0. The molecule has 5 nitrogen and oxygen atoms in total. The Bertz CT molecular complexity index is 935. The number of likely N-dealkylation sites (N-methyl/N-ethyl adjacent to an activating group) is 1. The summed E-state index contributed by atoms with van der Waals surface area (Å²) < 4.78 is 18.7. The fourth-order valence-electron chi connectivity index (χ4n) is 2.82. The zero-order chi connectivity index (χ0) is 19.4. The standard InChI is InChI=1S/C21H22FN3O2/c1-14-5-4-6-18(15(14)2)24-20(26)12-25(3)13-21-23-11-19(27-21)16-7-9-17(22)10-8-16/h4-11H,12-13H2,1-3H3,(H,24,26)/p+1. The van der Waals surface area contributed by atoms with Crippen LogP contribution in [-0.2, 0) is 11.3 Å². The number of hydrogen-bond donors (Lipinski definition) is 2. The quantitative estimate of drug-likeness (QED) is 0.703. The number of quaternary nitrogens is 1. The number of rotatable bonds is 6. The minimum absolute atomic E-state index is 0.0634. The van der Waals surface area contributed by atoms with Crippen molar-refractivity contribution in [1.82, 2.24) is 4.98 Å². The van der Waals surface area contributed by atoms with Gasteiger partial charge >= 0.3 is 0 Å². The van der Waals surface area contributed by atoms with Crippen LogP contribution in [0.1, 0.15) is 17.0 Å². The SMILES string of the molecule is Cc1cccc(NC(=O)C[NH+](C)Cc2ncc(-c3ccc(F)cc3)o2)c1C. The molecular formula is C21H23FN3O2+. The summed E-state index contributed by atoms with van der Waals surface area (Å²) in [5.41, 5.74) is 3.81. The topological polar surface area (TPSA) is 59.6 Å². The summed E-state index contributed by atoms with van der Waals surface area (Å²) in [5, 5.41) is 2.96. The summed E-state index contributed by atoms with van der Waals surface area (Å²) in [6, 6.07) is 11.9. The Labute approximate surface area is 157 Å². The molecule has 0 fully saturated rings. The number of aryl methyl sites for hydroxylation is 1. The van der Waals surface area contributed by atoms with Gasteiger partial charge < -0.3 is 14.6 Å². The molecule has 0 aliphatic rings. The van der Waals surface area contributed by atoms with Crippen LogP contribution in [0.2, 0.25) is 0 Å². The van der Waals surface area contributed by atoms with Gasteiger partial charge in [-0.3, -0.25) is 4.79 Å².